The van der Waals surface area contributed by atoms with Gasteiger partial charge in [0.15, 0.2) is 6.61 Å². The Hall–Kier alpha value is -2.86. The fourth-order valence-electron chi connectivity index (χ4n) is 3.74. The molecule has 1 N–H and O–H groups in total. The molecule has 160 valence electrons. The van der Waals surface area contributed by atoms with Crippen molar-refractivity contribution in [3.05, 3.63) is 58.7 Å². The number of rotatable bonds is 6. The third-order valence-corrected chi connectivity index (χ3v) is 5.52. The third kappa shape index (κ3) is 5.60. The molecule has 0 saturated carbocycles. The maximum Gasteiger partial charge on any atom is 0.260 e. The van der Waals surface area contributed by atoms with Gasteiger partial charge in [-0.25, -0.2) is 0 Å². The Kier molecular flexibility index (Phi) is 7.11. The summed E-state index contributed by atoms with van der Waals surface area (Å²) in [5.41, 5.74) is 5.21. The van der Waals surface area contributed by atoms with E-state index in [1.165, 1.54) is 5.56 Å². The molecule has 0 spiro atoms. The maximum atomic E-state index is 12.5. The zero-order valence-corrected chi connectivity index (χ0v) is 18.3. The average Bonchev–Trinajstić information content (AvgIpc) is 2.70. The standard InChI is InChI=1S/C24H31N3O3/c1-17-8-9-21(20(4)14-17)30-16-23(29)27-12-10-26(11-13-27)15-22(28)25-24-18(2)6-5-7-19(24)3/h5-9,14H,10-13,15-16H2,1-4H3,(H,25,28). The molecule has 0 atom stereocenters. The first-order valence-electron chi connectivity index (χ1n) is 10.4. The number of anilines is 1. The lowest BCUT2D eigenvalue weighted by molar-refractivity contribution is -0.135. The van der Waals surface area contributed by atoms with Crippen molar-refractivity contribution in [3.63, 3.8) is 0 Å². The molecule has 0 unspecified atom stereocenters. The molecule has 6 heteroatoms. The number of hydrogen-bond acceptors (Lipinski definition) is 4. The van der Waals surface area contributed by atoms with Crippen molar-refractivity contribution < 1.29 is 14.3 Å². The second-order valence-electron chi connectivity index (χ2n) is 8.03. The van der Waals surface area contributed by atoms with Gasteiger partial charge >= 0.3 is 0 Å². The molecule has 1 fully saturated rings. The van der Waals surface area contributed by atoms with Crippen molar-refractivity contribution in [2.24, 2.45) is 0 Å². The highest BCUT2D eigenvalue weighted by Crippen LogP contribution is 2.20. The van der Waals surface area contributed by atoms with Crippen LogP contribution in [0.2, 0.25) is 0 Å². The van der Waals surface area contributed by atoms with Gasteiger partial charge in [0.05, 0.1) is 6.54 Å². The van der Waals surface area contributed by atoms with Gasteiger partial charge in [-0.1, -0.05) is 35.9 Å². The van der Waals surface area contributed by atoms with Crippen LogP contribution >= 0.6 is 0 Å². The Balaban J connectivity index is 1.44. The van der Waals surface area contributed by atoms with Crippen molar-refractivity contribution >= 4 is 17.5 Å². The summed E-state index contributed by atoms with van der Waals surface area (Å²) in [6.45, 7) is 10.9. The van der Waals surface area contributed by atoms with Gasteiger partial charge in [-0.2, -0.15) is 0 Å². The number of benzene rings is 2. The maximum absolute atomic E-state index is 12.5. The van der Waals surface area contributed by atoms with Gasteiger partial charge in [0.1, 0.15) is 5.75 Å². The summed E-state index contributed by atoms with van der Waals surface area (Å²) in [6.07, 6.45) is 0. The first-order valence-corrected chi connectivity index (χ1v) is 10.4. The zero-order chi connectivity index (χ0) is 21.7. The van der Waals surface area contributed by atoms with Gasteiger partial charge in [-0.05, 0) is 50.5 Å². The number of nitrogens with one attached hydrogen (secondary N) is 1. The fourth-order valence-corrected chi connectivity index (χ4v) is 3.74. The normalized spacial score (nSPS) is 14.5. The van der Waals surface area contributed by atoms with E-state index in [1.807, 2.05) is 69.0 Å². The minimum Gasteiger partial charge on any atom is -0.484 e. The summed E-state index contributed by atoms with van der Waals surface area (Å²) >= 11 is 0. The van der Waals surface area contributed by atoms with Gasteiger partial charge < -0.3 is 15.0 Å². The van der Waals surface area contributed by atoms with Gasteiger partial charge in [0.25, 0.3) is 5.91 Å². The Labute approximate surface area is 178 Å². The van der Waals surface area contributed by atoms with E-state index in [2.05, 4.69) is 10.2 Å². The summed E-state index contributed by atoms with van der Waals surface area (Å²) in [7, 11) is 0. The molecule has 1 aliphatic heterocycles. The van der Waals surface area contributed by atoms with E-state index >= 15 is 0 Å². The highest BCUT2D eigenvalue weighted by Gasteiger charge is 2.23. The van der Waals surface area contributed by atoms with Crippen LogP contribution in [0.25, 0.3) is 0 Å². The molecular weight excluding hydrogens is 378 g/mol. The number of hydrogen-bond donors (Lipinski definition) is 1. The first kappa shape index (κ1) is 21.8. The van der Waals surface area contributed by atoms with Crippen LogP contribution < -0.4 is 10.1 Å². The second-order valence-corrected chi connectivity index (χ2v) is 8.03. The molecule has 0 aromatic heterocycles. The van der Waals surface area contributed by atoms with Crippen molar-refractivity contribution in [2.45, 2.75) is 27.7 Å². The highest BCUT2D eigenvalue weighted by molar-refractivity contribution is 5.93. The monoisotopic (exact) mass is 409 g/mol. The summed E-state index contributed by atoms with van der Waals surface area (Å²) < 4.78 is 5.72. The Morgan fingerprint density at radius 1 is 0.933 bits per heavy atom. The van der Waals surface area contributed by atoms with Crippen LogP contribution in [0.1, 0.15) is 22.3 Å². The van der Waals surface area contributed by atoms with Crippen LogP contribution in [0, 0.1) is 27.7 Å². The van der Waals surface area contributed by atoms with Gasteiger partial charge in [-0.3, -0.25) is 14.5 Å². The first-order chi connectivity index (χ1) is 14.3. The Morgan fingerprint density at radius 3 is 2.23 bits per heavy atom. The third-order valence-electron chi connectivity index (χ3n) is 5.52. The highest BCUT2D eigenvalue weighted by atomic mass is 16.5. The van der Waals surface area contributed by atoms with E-state index in [0.29, 0.717) is 32.7 Å². The van der Waals surface area contributed by atoms with Crippen molar-refractivity contribution in [1.82, 2.24) is 9.80 Å². The number of aryl methyl sites for hydroxylation is 4. The summed E-state index contributed by atoms with van der Waals surface area (Å²) in [5, 5.41) is 3.03. The van der Waals surface area contributed by atoms with Crippen LogP contribution in [0.15, 0.2) is 36.4 Å². The number of amides is 2. The number of carbonyl (C=O) groups excluding carboxylic acids is 2. The van der Waals surface area contributed by atoms with E-state index < -0.39 is 0 Å². The summed E-state index contributed by atoms with van der Waals surface area (Å²) in [5.74, 6) is 0.704. The molecule has 0 radical (unpaired) electrons. The van der Waals surface area contributed by atoms with Crippen LogP contribution in [0.4, 0.5) is 5.69 Å². The average molecular weight is 410 g/mol. The molecule has 2 aromatic carbocycles. The Morgan fingerprint density at radius 2 is 1.60 bits per heavy atom. The molecule has 1 aliphatic rings. The lowest BCUT2D eigenvalue weighted by Crippen LogP contribution is -2.51. The molecule has 1 saturated heterocycles. The molecule has 2 amide bonds. The van der Waals surface area contributed by atoms with Crippen molar-refractivity contribution in [1.29, 1.82) is 0 Å². The quantitative estimate of drug-likeness (QED) is 0.797. The number of para-hydroxylation sites is 1. The molecule has 30 heavy (non-hydrogen) atoms. The molecule has 0 bridgehead atoms. The minimum absolute atomic E-state index is 0.0189. The number of ether oxygens (including phenoxy) is 1. The fraction of sp³-hybridized carbons (Fsp3) is 0.417. The van der Waals surface area contributed by atoms with E-state index in [4.69, 9.17) is 4.74 Å². The second kappa shape index (κ2) is 9.76. The molecule has 3 rings (SSSR count). The van der Waals surface area contributed by atoms with Crippen LogP contribution in [-0.2, 0) is 9.59 Å². The van der Waals surface area contributed by atoms with Gasteiger partial charge in [0, 0.05) is 31.9 Å². The summed E-state index contributed by atoms with van der Waals surface area (Å²) in [6, 6.07) is 11.9. The largest absolute Gasteiger partial charge is 0.484 e. The molecule has 1 heterocycles. The van der Waals surface area contributed by atoms with Gasteiger partial charge in [-0.15, -0.1) is 0 Å². The summed E-state index contributed by atoms with van der Waals surface area (Å²) in [4.78, 5) is 28.9. The molecule has 6 nitrogen and oxygen atoms in total. The van der Waals surface area contributed by atoms with E-state index in [9.17, 15) is 9.59 Å². The topological polar surface area (TPSA) is 61.9 Å². The number of carbonyl (C=O) groups is 2. The zero-order valence-electron chi connectivity index (χ0n) is 18.3. The molecule has 0 aliphatic carbocycles. The van der Waals surface area contributed by atoms with Gasteiger partial charge in [0.2, 0.25) is 5.91 Å². The van der Waals surface area contributed by atoms with Crippen molar-refractivity contribution in [3.8, 4) is 5.75 Å². The van der Waals surface area contributed by atoms with Crippen molar-refractivity contribution in [2.75, 3.05) is 44.6 Å². The number of piperazine rings is 1. The van der Waals surface area contributed by atoms with E-state index in [1.54, 1.807) is 0 Å². The van der Waals surface area contributed by atoms with Crippen LogP contribution in [-0.4, -0.2) is 60.9 Å². The lowest BCUT2D eigenvalue weighted by Gasteiger charge is -2.34. The molecular formula is C24H31N3O3. The molecule has 2 aromatic rings. The van der Waals surface area contributed by atoms with Crippen LogP contribution in [0.5, 0.6) is 5.75 Å². The smallest absolute Gasteiger partial charge is 0.260 e. The van der Waals surface area contributed by atoms with E-state index in [-0.39, 0.29) is 18.4 Å². The Bertz CT molecular complexity index is 898. The van der Waals surface area contributed by atoms with E-state index in [0.717, 1.165) is 28.1 Å². The minimum atomic E-state index is -0.0228. The number of nitrogens with zero attached hydrogens (tertiary/aromatic N) is 2. The SMILES string of the molecule is Cc1ccc(OCC(=O)N2CCN(CC(=O)Nc3c(C)cccc3C)CC2)c(C)c1. The predicted octanol–water partition coefficient (Wildman–Crippen LogP) is 3.08. The predicted molar refractivity (Wildman–Crippen MR) is 119 cm³/mol. The lowest BCUT2D eigenvalue weighted by atomic mass is 10.1. The van der Waals surface area contributed by atoms with Crippen LogP contribution in [0.3, 0.4) is 0 Å².